The summed E-state index contributed by atoms with van der Waals surface area (Å²) in [5.74, 6) is 1.98. The smallest absolute Gasteiger partial charge is 0.317 e. The fourth-order valence-corrected chi connectivity index (χ4v) is 3.63. The number of hydrogen-bond acceptors (Lipinski definition) is 3. The van der Waals surface area contributed by atoms with E-state index in [1.807, 2.05) is 23.1 Å². The van der Waals surface area contributed by atoms with Crippen molar-refractivity contribution in [2.45, 2.75) is 25.2 Å². The van der Waals surface area contributed by atoms with Gasteiger partial charge in [0.05, 0.1) is 0 Å². The molecule has 0 radical (unpaired) electrons. The Morgan fingerprint density at radius 2 is 1.96 bits per heavy atom. The molecule has 2 amide bonds. The summed E-state index contributed by atoms with van der Waals surface area (Å²) in [6.07, 6.45) is 2.92. The molecule has 5 heteroatoms. The third kappa shape index (κ3) is 3.77. The largest absolute Gasteiger partial charge is 0.454 e. The van der Waals surface area contributed by atoms with Crippen LogP contribution in [-0.4, -0.2) is 37.4 Å². The standard InChI is InChI=1S/C21H24N2O3/c24-21(22-11-4-7-16-5-2-1-3-6-16)23-12-10-18(14-23)17-8-9-19-20(13-17)26-15-25-19/h1-3,5-6,8-9,13,18H,4,7,10-12,14-15H2,(H,22,24). The second-order valence-corrected chi connectivity index (χ2v) is 6.87. The zero-order valence-corrected chi connectivity index (χ0v) is 14.8. The highest BCUT2D eigenvalue weighted by Crippen LogP contribution is 2.37. The lowest BCUT2D eigenvalue weighted by Crippen LogP contribution is -2.38. The third-order valence-electron chi connectivity index (χ3n) is 5.10. The lowest BCUT2D eigenvalue weighted by molar-refractivity contribution is 0.174. The van der Waals surface area contributed by atoms with Crippen molar-refractivity contribution >= 4 is 6.03 Å². The number of carbonyl (C=O) groups is 1. The molecule has 5 nitrogen and oxygen atoms in total. The number of benzene rings is 2. The van der Waals surface area contributed by atoms with E-state index in [9.17, 15) is 4.79 Å². The van der Waals surface area contributed by atoms with Gasteiger partial charge in [-0.3, -0.25) is 0 Å². The minimum atomic E-state index is 0.0429. The van der Waals surface area contributed by atoms with Gasteiger partial charge in [-0.25, -0.2) is 4.79 Å². The van der Waals surface area contributed by atoms with Crippen LogP contribution >= 0.6 is 0 Å². The first kappa shape index (κ1) is 16.8. The van der Waals surface area contributed by atoms with E-state index in [4.69, 9.17) is 9.47 Å². The molecule has 0 saturated carbocycles. The minimum absolute atomic E-state index is 0.0429. The molecule has 2 aromatic carbocycles. The molecule has 2 heterocycles. The van der Waals surface area contributed by atoms with Gasteiger partial charge < -0.3 is 19.7 Å². The van der Waals surface area contributed by atoms with Crippen molar-refractivity contribution in [3.8, 4) is 11.5 Å². The van der Waals surface area contributed by atoms with Crippen molar-refractivity contribution in [1.29, 1.82) is 0 Å². The molecule has 1 unspecified atom stereocenters. The zero-order chi connectivity index (χ0) is 17.8. The summed E-state index contributed by atoms with van der Waals surface area (Å²) in [5, 5.41) is 3.05. The molecule has 1 N–H and O–H groups in total. The van der Waals surface area contributed by atoms with E-state index < -0.39 is 0 Å². The fraction of sp³-hybridized carbons (Fsp3) is 0.381. The quantitative estimate of drug-likeness (QED) is 0.838. The number of urea groups is 1. The summed E-state index contributed by atoms with van der Waals surface area (Å²) in [6, 6.07) is 16.5. The second kappa shape index (κ2) is 7.68. The lowest BCUT2D eigenvalue weighted by Gasteiger charge is -2.17. The molecule has 0 aliphatic carbocycles. The van der Waals surface area contributed by atoms with Gasteiger partial charge >= 0.3 is 6.03 Å². The number of amides is 2. The van der Waals surface area contributed by atoms with Crippen LogP contribution in [0, 0.1) is 0 Å². The van der Waals surface area contributed by atoms with Gasteiger partial charge in [0.1, 0.15) is 0 Å². The Hall–Kier alpha value is -2.69. The molecule has 1 saturated heterocycles. The number of aryl methyl sites for hydroxylation is 1. The molecule has 2 aromatic rings. The summed E-state index contributed by atoms with van der Waals surface area (Å²) in [4.78, 5) is 14.3. The van der Waals surface area contributed by atoms with Gasteiger partial charge in [0.15, 0.2) is 11.5 Å². The van der Waals surface area contributed by atoms with Crippen molar-refractivity contribution in [3.63, 3.8) is 0 Å². The van der Waals surface area contributed by atoms with Crippen LogP contribution in [0.15, 0.2) is 48.5 Å². The molecular formula is C21H24N2O3. The van der Waals surface area contributed by atoms with Crippen molar-refractivity contribution in [1.82, 2.24) is 10.2 Å². The summed E-state index contributed by atoms with van der Waals surface area (Å²) in [5.41, 5.74) is 2.53. The lowest BCUT2D eigenvalue weighted by atomic mass is 9.98. The highest BCUT2D eigenvalue weighted by atomic mass is 16.7. The molecule has 2 aliphatic heterocycles. The van der Waals surface area contributed by atoms with Crippen LogP contribution in [0.5, 0.6) is 11.5 Å². The molecular weight excluding hydrogens is 328 g/mol. The maximum absolute atomic E-state index is 12.4. The summed E-state index contributed by atoms with van der Waals surface area (Å²) in [7, 11) is 0. The Morgan fingerprint density at radius 3 is 2.85 bits per heavy atom. The third-order valence-corrected chi connectivity index (χ3v) is 5.10. The van der Waals surface area contributed by atoms with E-state index in [1.165, 1.54) is 11.1 Å². The molecule has 26 heavy (non-hydrogen) atoms. The summed E-state index contributed by atoms with van der Waals surface area (Å²) >= 11 is 0. The van der Waals surface area contributed by atoms with Crippen molar-refractivity contribution in [2.24, 2.45) is 0 Å². The topological polar surface area (TPSA) is 50.8 Å². The molecule has 4 rings (SSSR count). The van der Waals surface area contributed by atoms with Crippen LogP contribution in [0.1, 0.15) is 29.9 Å². The summed E-state index contributed by atoms with van der Waals surface area (Å²) in [6.45, 7) is 2.55. The van der Waals surface area contributed by atoms with E-state index in [0.717, 1.165) is 43.9 Å². The Morgan fingerprint density at radius 1 is 1.12 bits per heavy atom. The average Bonchev–Trinajstić information content (AvgIpc) is 3.34. The SMILES string of the molecule is O=C(NCCCc1ccccc1)N1CCC(c2ccc3c(c2)OCO3)C1. The number of carbonyl (C=O) groups excluding carboxylic acids is 1. The van der Waals surface area contributed by atoms with Crippen LogP contribution in [0.3, 0.4) is 0 Å². The van der Waals surface area contributed by atoms with Crippen molar-refractivity contribution in [3.05, 3.63) is 59.7 Å². The van der Waals surface area contributed by atoms with E-state index in [-0.39, 0.29) is 6.03 Å². The van der Waals surface area contributed by atoms with E-state index >= 15 is 0 Å². The van der Waals surface area contributed by atoms with Gasteiger partial charge in [-0.15, -0.1) is 0 Å². The number of likely N-dealkylation sites (tertiary alicyclic amines) is 1. The molecule has 0 spiro atoms. The van der Waals surface area contributed by atoms with Gasteiger partial charge in [-0.1, -0.05) is 36.4 Å². The number of ether oxygens (including phenoxy) is 2. The van der Waals surface area contributed by atoms with Gasteiger partial charge in [0.25, 0.3) is 0 Å². The van der Waals surface area contributed by atoms with Gasteiger partial charge in [-0.2, -0.15) is 0 Å². The molecule has 0 bridgehead atoms. The van der Waals surface area contributed by atoms with Crippen LogP contribution < -0.4 is 14.8 Å². The number of fused-ring (bicyclic) bond motifs is 1. The zero-order valence-electron chi connectivity index (χ0n) is 14.8. The minimum Gasteiger partial charge on any atom is -0.454 e. The first-order chi connectivity index (χ1) is 12.8. The highest BCUT2D eigenvalue weighted by molar-refractivity contribution is 5.74. The number of nitrogens with zero attached hydrogens (tertiary/aromatic N) is 1. The van der Waals surface area contributed by atoms with Crippen LogP contribution in [-0.2, 0) is 6.42 Å². The monoisotopic (exact) mass is 352 g/mol. The van der Waals surface area contributed by atoms with E-state index in [1.54, 1.807) is 0 Å². The van der Waals surface area contributed by atoms with Crippen LogP contribution in [0.25, 0.3) is 0 Å². The maximum Gasteiger partial charge on any atom is 0.317 e. The first-order valence-corrected chi connectivity index (χ1v) is 9.26. The Balaban J connectivity index is 1.24. The molecule has 1 fully saturated rings. The molecule has 136 valence electrons. The maximum atomic E-state index is 12.4. The second-order valence-electron chi connectivity index (χ2n) is 6.87. The molecule has 2 aliphatic rings. The van der Waals surface area contributed by atoms with Gasteiger partial charge in [0.2, 0.25) is 6.79 Å². The van der Waals surface area contributed by atoms with Crippen LogP contribution in [0.4, 0.5) is 4.79 Å². The number of nitrogens with one attached hydrogen (secondary N) is 1. The average molecular weight is 352 g/mol. The predicted molar refractivity (Wildman–Crippen MR) is 99.7 cm³/mol. The first-order valence-electron chi connectivity index (χ1n) is 9.26. The Kier molecular flexibility index (Phi) is 4.95. The number of hydrogen-bond donors (Lipinski definition) is 1. The Labute approximate surface area is 153 Å². The van der Waals surface area contributed by atoms with Crippen molar-refractivity contribution in [2.75, 3.05) is 26.4 Å². The normalized spacial score (nSPS) is 18.2. The molecule has 0 aromatic heterocycles. The fourth-order valence-electron chi connectivity index (χ4n) is 3.63. The van der Waals surface area contributed by atoms with Crippen molar-refractivity contribution < 1.29 is 14.3 Å². The van der Waals surface area contributed by atoms with E-state index in [2.05, 4.69) is 35.6 Å². The predicted octanol–water partition coefficient (Wildman–Crippen LogP) is 3.55. The van der Waals surface area contributed by atoms with Gasteiger partial charge in [-0.05, 0) is 42.5 Å². The molecule has 1 atom stereocenters. The highest BCUT2D eigenvalue weighted by Gasteiger charge is 2.28. The summed E-state index contributed by atoms with van der Waals surface area (Å²) < 4.78 is 10.8. The number of rotatable bonds is 5. The Bertz CT molecular complexity index is 763. The van der Waals surface area contributed by atoms with E-state index in [0.29, 0.717) is 19.3 Å². The van der Waals surface area contributed by atoms with Gasteiger partial charge in [0, 0.05) is 25.6 Å². The van der Waals surface area contributed by atoms with Crippen LogP contribution in [0.2, 0.25) is 0 Å².